The van der Waals surface area contributed by atoms with E-state index in [-0.39, 0.29) is 11.8 Å². The van der Waals surface area contributed by atoms with E-state index >= 15 is 0 Å². The molecule has 1 N–H and O–H groups in total. The summed E-state index contributed by atoms with van der Waals surface area (Å²) in [5, 5.41) is 6.87. The molecular formula is C18H23N3O4S. The van der Waals surface area contributed by atoms with Crippen molar-refractivity contribution in [1.82, 2.24) is 14.8 Å². The van der Waals surface area contributed by atoms with Crippen molar-refractivity contribution >= 4 is 15.9 Å². The molecule has 0 aliphatic carbocycles. The van der Waals surface area contributed by atoms with Crippen LogP contribution in [-0.2, 0) is 21.4 Å². The summed E-state index contributed by atoms with van der Waals surface area (Å²) in [4.78, 5) is 12.3. The third-order valence-electron chi connectivity index (χ3n) is 4.63. The molecule has 1 amide bonds. The van der Waals surface area contributed by atoms with Gasteiger partial charge in [0.15, 0.2) is 5.76 Å². The highest BCUT2D eigenvalue weighted by Crippen LogP contribution is 2.22. The van der Waals surface area contributed by atoms with Gasteiger partial charge in [-0.05, 0) is 19.8 Å². The quantitative estimate of drug-likeness (QED) is 0.860. The van der Waals surface area contributed by atoms with E-state index in [0.717, 1.165) is 5.56 Å². The molecule has 1 aliphatic rings. The Morgan fingerprint density at radius 1 is 1.27 bits per heavy atom. The van der Waals surface area contributed by atoms with Crippen LogP contribution in [0.1, 0.15) is 24.1 Å². The van der Waals surface area contributed by atoms with Gasteiger partial charge in [-0.25, -0.2) is 12.7 Å². The normalized spacial score (nSPS) is 16.5. The van der Waals surface area contributed by atoms with Gasteiger partial charge >= 0.3 is 0 Å². The van der Waals surface area contributed by atoms with E-state index in [0.29, 0.717) is 43.9 Å². The molecule has 0 unspecified atom stereocenters. The second-order valence-electron chi connectivity index (χ2n) is 6.70. The van der Waals surface area contributed by atoms with E-state index in [9.17, 15) is 13.2 Å². The summed E-state index contributed by atoms with van der Waals surface area (Å²) >= 11 is 0. The van der Waals surface area contributed by atoms with Crippen molar-refractivity contribution in [1.29, 1.82) is 0 Å². The molecule has 8 heteroatoms. The average Bonchev–Trinajstić information content (AvgIpc) is 3.08. The van der Waals surface area contributed by atoms with Gasteiger partial charge in [0, 0.05) is 30.6 Å². The maximum atomic E-state index is 12.3. The average molecular weight is 377 g/mol. The largest absolute Gasteiger partial charge is 0.356 e. The topological polar surface area (TPSA) is 92.5 Å². The van der Waals surface area contributed by atoms with Crippen molar-refractivity contribution in [2.75, 3.05) is 19.3 Å². The number of aromatic nitrogens is 1. The molecule has 7 nitrogen and oxygen atoms in total. The monoisotopic (exact) mass is 377 g/mol. The van der Waals surface area contributed by atoms with Crippen molar-refractivity contribution < 1.29 is 17.7 Å². The van der Waals surface area contributed by atoms with Crippen LogP contribution in [0.2, 0.25) is 0 Å². The van der Waals surface area contributed by atoms with Gasteiger partial charge in [0.05, 0.1) is 12.8 Å². The number of carbonyl (C=O) groups excluding carboxylic acids is 1. The van der Waals surface area contributed by atoms with Gasteiger partial charge < -0.3 is 9.84 Å². The number of nitrogens with one attached hydrogen (secondary N) is 1. The first kappa shape index (κ1) is 18.6. The van der Waals surface area contributed by atoms with Crippen molar-refractivity contribution in [2.45, 2.75) is 26.3 Å². The molecule has 0 radical (unpaired) electrons. The lowest BCUT2D eigenvalue weighted by atomic mass is 9.97. The van der Waals surface area contributed by atoms with Crippen molar-refractivity contribution in [3.8, 4) is 11.3 Å². The van der Waals surface area contributed by atoms with Gasteiger partial charge in [-0.3, -0.25) is 4.79 Å². The number of piperidine rings is 1. The van der Waals surface area contributed by atoms with Gasteiger partial charge in [-0.1, -0.05) is 35.0 Å². The molecule has 1 aromatic carbocycles. The Kier molecular flexibility index (Phi) is 5.43. The first-order valence-corrected chi connectivity index (χ1v) is 10.4. The molecule has 0 atom stereocenters. The molecule has 0 bridgehead atoms. The van der Waals surface area contributed by atoms with Gasteiger partial charge in [0.25, 0.3) is 0 Å². The highest BCUT2D eigenvalue weighted by molar-refractivity contribution is 7.88. The molecule has 0 spiro atoms. The number of hydrogen-bond acceptors (Lipinski definition) is 5. The Morgan fingerprint density at radius 3 is 2.54 bits per heavy atom. The minimum Gasteiger partial charge on any atom is -0.356 e. The Bertz CT molecular complexity index is 866. The maximum Gasteiger partial charge on any atom is 0.223 e. The summed E-state index contributed by atoms with van der Waals surface area (Å²) in [5.41, 5.74) is 2.76. The number of benzene rings is 1. The standard InChI is InChI=1S/C18H23N3O4S/c1-13-3-5-14(6-4-13)17-11-16(20-25-17)12-19-18(22)15-7-9-21(10-8-15)26(2,23)24/h3-6,11,15H,7-10,12H2,1-2H3,(H,19,22). The Hall–Kier alpha value is -2.19. The lowest BCUT2D eigenvalue weighted by Crippen LogP contribution is -2.42. The Balaban J connectivity index is 1.52. The fourth-order valence-electron chi connectivity index (χ4n) is 3.02. The Labute approximate surface area is 153 Å². The zero-order valence-corrected chi connectivity index (χ0v) is 15.8. The second kappa shape index (κ2) is 7.59. The predicted octanol–water partition coefficient (Wildman–Crippen LogP) is 1.94. The number of nitrogens with zero attached hydrogens (tertiary/aromatic N) is 2. The first-order valence-electron chi connectivity index (χ1n) is 8.58. The fourth-order valence-corrected chi connectivity index (χ4v) is 3.89. The molecule has 2 heterocycles. The number of sulfonamides is 1. The summed E-state index contributed by atoms with van der Waals surface area (Å²) in [6, 6.07) is 9.75. The smallest absolute Gasteiger partial charge is 0.223 e. The van der Waals surface area contributed by atoms with E-state index in [1.807, 2.05) is 37.3 Å². The van der Waals surface area contributed by atoms with Crippen LogP contribution in [-0.4, -0.2) is 43.1 Å². The summed E-state index contributed by atoms with van der Waals surface area (Å²) in [6.07, 6.45) is 2.27. The molecule has 140 valence electrons. The van der Waals surface area contributed by atoms with Gasteiger partial charge in [-0.15, -0.1) is 0 Å². The third kappa shape index (κ3) is 4.50. The molecule has 1 aromatic heterocycles. The zero-order valence-electron chi connectivity index (χ0n) is 14.9. The van der Waals surface area contributed by atoms with Crippen molar-refractivity contribution in [3.05, 3.63) is 41.6 Å². The molecular weight excluding hydrogens is 354 g/mol. The van der Waals surface area contributed by atoms with E-state index in [2.05, 4.69) is 10.5 Å². The van der Waals surface area contributed by atoms with E-state index in [1.165, 1.54) is 16.1 Å². The summed E-state index contributed by atoms with van der Waals surface area (Å²) in [6.45, 7) is 3.09. The van der Waals surface area contributed by atoms with Crippen LogP contribution in [0.5, 0.6) is 0 Å². The second-order valence-corrected chi connectivity index (χ2v) is 8.69. The van der Waals surface area contributed by atoms with Crippen LogP contribution in [0.3, 0.4) is 0 Å². The number of rotatable bonds is 5. The van der Waals surface area contributed by atoms with Crippen LogP contribution >= 0.6 is 0 Å². The maximum absolute atomic E-state index is 12.3. The zero-order chi connectivity index (χ0) is 18.7. The number of hydrogen-bond donors (Lipinski definition) is 1. The molecule has 2 aromatic rings. The molecule has 1 saturated heterocycles. The molecule has 0 saturated carbocycles. The summed E-state index contributed by atoms with van der Waals surface area (Å²) in [5.74, 6) is 0.421. The SMILES string of the molecule is Cc1ccc(-c2cc(CNC(=O)C3CCN(S(C)(=O)=O)CC3)no2)cc1. The number of aryl methyl sites for hydroxylation is 1. The third-order valence-corrected chi connectivity index (χ3v) is 5.94. The fraction of sp³-hybridized carbons (Fsp3) is 0.444. The van der Waals surface area contributed by atoms with Gasteiger partial charge in [0.2, 0.25) is 15.9 Å². The van der Waals surface area contributed by atoms with Crippen LogP contribution in [0.15, 0.2) is 34.9 Å². The van der Waals surface area contributed by atoms with Crippen molar-refractivity contribution in [3.63, 3.8) is 0 Å². The van der Waals surface area contributed by atoms with Gasteiger partial charge in [-0.2, -0.15) is 0 Å². The first-order chi connectivity index (χ1) is 12.3. The highest BCUT2D eigenvalue weighted by Gasteiger charge is 2.28. The van der Waals surface area contributed by atoms with Crippen LogP contribution in [0.25, 0.3) is 11.3 Å². The molecule has 3 rings (SSSR count). The molecule has 1 aliphatic heterocycles. The highest BCUT2D eigenvalue weighted by atomic mass is 32.2. The van der Waals surface area contributed by atoms with Gasteiger partial charge in [0.1, 0.15) is 5.69 Å². The van der Waals surface area contributed by atoms with Crippen molar-refractivity contribution in [2.24, 2.45) is 5.92 Å². The molecule has 1 fully saturated rings. The minimum atomic E-state index is -3.18. The van der Waals surface area contributed by atoms with E-state index < -0.39 is 10.0 Å². The van der Waals surface area contributed by atoms with Crippen LogP contribution in [0, 0.1) is 12.8 Å². The number of amides is 1. The summed E-state index contributed by atoms with van der Waals surface area (Å²) < 4.78 is 29.8. The van der Waals surface area contributed by atoms with E-state index in [4.69, 9.17) is 4.52 Å². The molecule has 26 heavy (non-hydrogen) atoms. The van der Waals surface area contributed by atoms with Crippen LogP contribution < -0.4 is 5.32 Å². The minimum absolute atomic E-state index is 0.0713. The Morgan fingerprint density at radius 2 is 1.92 bits per heavy atom. The lowest BCUT2D eigenvalue weighted by Gasteiger charge is -2.29. The van der Waals surface area contributed by atoms with Crippen LogP contribution in [0.4, 0.5) is 0 Å². The predicted molar refractivity (Wildman–Crippen MR) is 97.7 cm³/mol. The summed E-state index contributed by atoms with van der Waals surface area (Å²) in [7, 11) is -3.18. The van der Waals surface area contributed by atoms with E-state index in [1.54, 1.807) is 0 Å². The lowest BCUT2D eigenvalue weighted by molar-refractivity contribution is -0.126. The number of carbonyl (C=O) groups is 1.